The third kappa shape index (κ3) is 3.18. The van der Waals surface area contributed by atoms with Gasteiger partial charge in [0.2, 0.25) is 5.91 Å². The summed E-state index contributed by atoms with van der Waals surface area (Å²) in [5.41, 5.74) is 0.479. The molecule has 5 nitrogen and oxygen atoms in total. The Labute approximate surface area is 140 Å². The van der Waals surface area contributed by atoms with E-state index in [0.29, 0.717) is 10.8 Å². The number of aryl methyl sites for hydroxylation is 1. The number of thioether (sulfide) groups is 1. The monoisotopic (exact) mass is 333 g/mol. The maximum atomic E-state index is 12.4. The normalized spacial score (nSPS) is 34.6. The molecule has 0 radical (unpaired) electrons. The summed E-state index contributed by atoms with van der Waals surface area (Å²) in [6, 6.07) is 1.81. The van der Waals surface area contributed by atoms with Crippen LogP contribution in [0.1, 0.15) is 44.2 Å². The zero-order valence-corrected chi connectivity index (χ0v) is 14.2. The molecule has 4 aliphatic carbocycles. The van der Waals surface area contributed by atoms with E-state index in [1.54, 1.807) is 0 Å². The van der Waals surface area contributed by atoms with E-state index in [4.69, 9.17) is 0 Å². The highest BCUT2D eigenvalue weighted by molar-refractivity contribution is 7.99. The molecule has 4 bridgehead atoms. The number of carbonyl (C=O) groups is 1. The zero-order valence-electron chi connectivity index (χ0n) is 13.4. The highest BCUT2D eigenvalue weighted by Crippen LogP contribution is 2.55. The van der Waals surface area contributed by atoms with Crippen LogP contribution in [0.4, 0.5) is 0 Å². The number of carbonyl (C=O) groups excluding carboxylic acids is 1. The summed E-state index contributed by atoms with van der Waals surface area (Å²) < 4.78 is 0. The molecule has 6 heteroatoms. The summed E-state index contributed by atoms with van der Waals surface area (Å²) >= 11 is 1.34. The van der Waals surface area contributed by atoms with E-state index in [9.17, 15) is 9.59 Å². The zero-order chi connectivity index (χ0) is 16.0. The van der Waals surface area contributed by atoms with Gasteiger partial charge in [-0.3, -0.25) is 4.79 Å². The van der Waals surface area contributed by atoms with Crippen LogP contribution < -0.4 is 11.0 Å². The van der Waals surface area contributed by atoms with Crippen molar-refractivity contribution in [3.63, 3.8) is 0 Å². The van der Waals surface area contributed by atoms with Crippen LogP contribution in [0.25, 0.3) is 0 Å². The molecule has 0 unspecified atom stereocenters. The van der Waals surface area contributed by atoms with Crippen molar-refractivity contribution in [3.05, 3.63) is 22.2 Å². The molecule has 0 aromatic carbocycles. The van der Waals surface area contributed by atoms with Gasteiger partial charge in [0.05, 0.1) is 5.75 Å². The van der Waals surface area contributed by atoms with Gasteiger partial charge in [-0.25, -0.2) is 4.79 Å². The lowest BCUT2D eigenvalue weighted by Crippen LogP contribution is -2.60. The minimum Gasteiger partial charge on any atom is -0.350 e. The molecule has 124 valence electrons. The Balaban J connectivity index is 1.38. The van der Waals surface area contributed by atoms with Crippen molar-refractivity contribution in [3.8, 4) is 0 Å². The van der Waals surface area contributed by atoms with Crippen molar-refractivity contribution in [2.45, 2.75) is 56.0 Å². The Hall–Kier alpha value is -1.30. The van der Waals surface area contributed by atoms with E-state index in [1.165, 1.54) is 50.3 Å². The van der Waals surface area contributed by atoms with Gasteiger partial charge in [0.15, 0.2) is 0 Å². The van der Waals surface area contributed by atoms with Crippen molar-refractivity contribution in [1.29, 1.82) is 0 Å². The lowest BCUT2D eigenvalue weighted by molar-refractivity contribution is -0.124. The van der Waals surface area contributed by atoms with Gasteiger partial charge in [0, 0.05) is 11.2 Å². The highest BCUT2D eigenvalue weighted by atomic mass is 32.2. The first kappa shape index (κ1) is 15.2. The fourth-order valence-corrected chi connectivity index (χ4v) is 6.12. The molecule has 1 aromatic rings. The molecular weight excluding hydrogens is 310 g/mol. The number of aromatic amines is 1. The van der Waals surface area contributed by atoms with Gasteiger partial charge in [0.1, 0.15) is 5.03 Å². The van der Waals surface area contributed by atoms with Crippen LogP contribution in [-0.4, -0.2) is 27.2 Å². The highest BCUT2D eigenvalue weighted by Gasteiger charge is 2.51. The quantitative estimate of drug-likeness (QED) is 0.655. The molecule has 0 aliphatic heterocycles. The van der Waals surface area contributed by atoms with E-state index in [0.717, 1.165) is 23.4 Å². The predicted octanol–water partition coefficient (Wildman–Crippen LogP) is 2.26. The average molecular weight is 333 g/mol. The standard InChI is InChI=1S/C17H23N3O2S/c1-10-2-15(19-16(22)18-10)23-9-14(21)20-17-6-11-3-12(7-17)5-13(4-11)8-17/h2,11-13H,3-9H2,1H3,(H,20,21)(H,18,19,22). The summed E-state index contributed by atoms with van der Waals surface area (Å²) in [6.07, 6.45) is 7.62. The number of hydrogen-bond donors (Lipinski definition) is 2. The van der Waals surface area contributed by atoms with Gasteiger partial charge >= 0.3 is 5.69 Å². The lowest BCUT2D eigenvalue weighted by atomic mass is 9.53. The fourth-order valence-electron chi connectivity index (χ4n) is 5.36. The molecule has 0 spiro atoms. The fraction of sp³-hybridized carbons (Fsp3) is 0.706. The van der Waals surface area contributed by atoms with Gasteiger partial charge in [-0.05, 0) is 69.3 Å². The van der Waals surface area contributed by atoms with Crippen LogP contribution in [0.2, 0.25) is 0 Å². The van der Waals surface area contributed by atoms with Crippen LogP contribution in [-0.2, 0) is 4.79 Å². The Morgan fingerprint density at radius 2 is 1.91 bits per heavy atom. The van der Waals surface area contributed by atoms with E-state index in [-0.39, 0.29) is 17.1 Å². The second kappa shape index (κ2) is 5.65. The van der Waals surface area contributed by atoms with Crippen LogP contribution in [0.3, 0.4) is 0 Å². The van der Waals surface area contributed by atoms with E-state index in [1.807, 2.05) is 13.0 Å². The second-order valence-corrected chi connectivity index (χ2v) is 8.74. The number of H-pyrrole nitrogens is 1. The van der Waals surface area contributed by atoms with Crippen LogP contribution >= 0.6 is 11.8 Å². The number of nitrogens with zero attached hydrogens (tertiary/aromatic N) is 1. The smallest absolute Gasteiger partial charge is 0.346 e. The minimum atomic E-state index is -0.353. The molecule has 23 heavy (non-hydrogen) atoms. The molecule has 1 aromatic heterocycles. The van der Waals surface area contributed by atoms with Crippen molar-refractivity contribution in [2.75, 3.05) is 5.75 Å². The van der Waals surface area contributed by atoms with Gasteiger partial charge in [-0.15, -0.1) is 0 Å². The molecule has 4 fully saturated rings. The number of nitrogens with one attached hydrogen (secondary N) is 2. The first-order valence-corrected chi connectivity index (χ1v) is 9.50. The van der Waals surface area contributed by atoms with Crippen molar-refractivity contribution < 1.29 is 4.79 Å². The first-order valence-electron chi connectivity index (χ1n) is 8.51. The summed E-state index contributed by atoms with van der Waals surface area (Å²) in [7, 11) is 0. The number of rotatable bonds is 4. The second-order valence-electron chi connectivity index (χ2n) is 7.74. The first-order chi connectivity index (χ1) is 11.0. The number of aromatic nitrogens is 2. The molecule has 1 heterocycles. The summed E-state index contributed by atoms with van der Waals surface area (Å²) in [6.45, 7) is 1.82. The van der Waals surface area contributed by atoms with E-state index < -0.39 is 0 Å². The Bertz CT molecular complexity index is 649. The molecule has 4 saturated carbocycles. The largest absolute Gasteiger partial charge is 0.350 e. The van der Waals surface area contributed by atoms with Gasteiger partial charge in [-0.2, -0.15) is 4.98 Å². The van der Waals surface area contributed by atoms with E-state index >= 15 is 0 Å². The van der Waals surface area contributed by atoms with Crippen LogP contribution in [0.15, 0.2) is 15.9 Å². The molecule has 2 N–H and O–H groups in total. The Morgan fingerprint density at radius 1 is 1.30 bits per heavy atom. The lowest BCUT2D eigenvalue weighted by Gasteiger charge is -2.56. The van der Waals surface area contributed by atoms with E-state index in [2.05, 4.69) is 15.3 Å². The predicted molar refractivity (Wildman–Crippen MR) is 89.4 cm³/mol. The summed E-state index contributed by atoms with van der Waals surface area (Å²) in [5, 5.41) is 3.97. The molecule has 0 saturated heterocycles. The number of amides is 1. The SMILES string of the molecule is Cc1cc(SCC(=O)NC23CC4CC(CC(C4)C2)C3)nc(=O)[nH]1. The topological polar surface area (TPSA) is 74.8 Å². The summed E-state index contributed by atoms with van der Waals surface area (Å²) in [4.78, 5) is 30.3. The van der Waals surface area contributed by atoms with Crippen molar-refractivity contribution in [2.24, 2.45) is 17.8 Å². The van der Waals surface area contributed by atoms with Gasteiger partial charge in [0.25, 0.3) is 0 Å². The van der Waals surface area contributed by atoms with Gasteiger partial charge < -0.3 is 10.3 Å². The molecule has 0 atom stereocenters. The van der Waals surface area contributed by atoms with Crippen molar-refractivity contribution >= 4 is 17.7 Å². The molecule has 5 rings (SSSR count). The average Bonchev–Trinajstić information content (AvgIpc) is 2.42. The van der Waals surface area contributed by atoms with Crippen molar-refractivity contribution in [1.82, 2.24) is 15.3 Å². The van der Waals surface area contributed by atoms with Gasteiger partial charge in [-0.1, -0.05) is 11.8 Å². The maximum Gasteiger partial charge on any atom is 0.346 e. The maximum absolute atomic E-state index is 12.4. The third-order valence-corrected chi connectivity index (χ3v) is 6.56. The number of hydrogen-bond acceptors (Lipinski definition) is 4. The summed E-state index contributed by atoms with van der Waals surface area (Å²) in [5.74, 6) is 2.89. The molecular formula is C17H23N3O2S. The third-order valence-electron chi connectivity index (χ3n) is 5.65. The Morgan fingerprint density at radius 3 is 2.48 bits per heavy atom. The molecule has 4 aliphatic rings. The molecule has 1 amide bonds. The Kier molecular flexibility index (Phi) is 3.75. The van der Waals surface area contributed by atoms with Crippen LogP contribution in [0, 0.1) is 24.7 Å². The minimum absolute atomic E-state index is 0.0594. The van der Waals surface area contributed by atoms with Crippen LogP contribution in [0.5, 0.6) is 0 Å².